The van der Waals surface area contributed by atoms with E-state index in [0.29, 0.717) is 34.8 Å². The maximum absolute atomic E-state index is 5.85. The van der Waals surface area contributed by atoms with E-state index in [4.69, 9.17) is 32.7 Å². The summed E-state index contributed by atoms with van der Waals surface area (Å²) in [6, 6.07) is 3.33. The second kappa shape index (κ2) is 5.32. The van der Waals surface area contributed by atoms with Crippen molar-refractivity contribution in [3.63, 3.8) is 0 Å². The second-order valence-corrected chi connectivity index (χ2v) is 3.39. The monoisotopic (exact) mass is 234 g/mol. The van der Waals surface area contributed by atoms with Crippen molar-refractivity contribution in [3.8, 4) is 11.5 Å². The van der Waals surface area contributed by atoms with E-state index in [1.165, 1.54) is 0 Å². The van der Waals surface area contributed by atoms with Gasteiger partial charge in [-0.05, 0) is 13.8 Å². The van der Waals surface area contributed by atoms with Crippen molar-refractivity contribution in [2.45, 2.75) is 13.8 Å². The Kier molecular flexibility index (Phi) is 4.36. The van der Waals surface area contributed by atoms with E-state index in [0.717, 1.165) is 0 Å². The van der Waals surface area contributed by atoms with Crippen LogP contribution in [-0.2, 0) is 0 Å². The van der Waals surface area contributed by atoms with E-state index in [1.807, 2.05) is 13.8 Å². The summed E-state index contributed by atoms with van der Waals surface area (Å²) < 4.78 is 10.7. The fraction of sp³-hybridized carbons (Fsp3) is 0.400. The average Bonchev–Trinajstić information content (AvgIpc) is 2.14. The molecule has 78 valence electrons. The van der Waals surface area contributed by atoms with Gasteiger partial charge in [-0.15, -0.1) is 0 Å². The van der Waals surface area contributed by atoms with Crippen LogP contribution in [0.1, 0.15) is 13.8 Å². The summed E-state index contributed by atoms with van der Waals surface area (Å²) in [5.41, 5.74) is 0. The molecule has 1 rings (SSSR count). The van der Waals surface area contributed by atoms with Gasteiger partial charge in [-0.25, -0.2) is 0 Å². The summed E-state index contributed by atoms with van der Waals surface area (Å²) in [5.74, 6) is 1.26. The first-order chi connectivity index (χ1) is 6.69. The van der Waals surface area contributed by atoms with Crippen LogP contribution in [0.25, 0.3) is 0 Å². The summed E-state index contributed by atoms with van der Waals surface area (Å²) in [4.78, 5) is 0. The third kappa shape index (κ3) is 2.69. The lowest BCUT2D eigenvalue weighted by Gasteiger charge is -2.11. The molecular formula is C10H12Cl2O2. The molecule has 0 aliphatic rings. The minimum Gasteiger partial charge on any atom is -0.490 e. The smallest absolute Gasteiger partial charge is 0.162 e. The first-order valence-corrected chi connectivity index (χ1v) is 5.19. The molecule has 14 heavy (non-hydrogen) atoms. The van der Waals surface area contributed by atoms with Crippen molar-refractivity contribution >= 4 is 23.2 Å². The van der Waals surface area contributed by atoms with E-state index in [9.17, 15) is 0 Å². The highest BCUT2D eigenvalue weighted by Crippen LogP contribution is 2.35. The number of rotatable bonds is 4. The van der Waals surface area contributed by atoms with Crippen LogP contribution in [-0.4, -0.2) is 13.2 Å². The van der Waals surface area contributed by atoms with Gasteiger partial charge in [-0.2, -0.15) is 0 Å². The van der Waals surface area contributed by atoms with Crippen molar-refractivity contribution in [2.75, 3.05) is 13.2 Å². The summed E-state index contributed by atoms with van der Waals surface area (Å²) in [6.45, 7) is 4.94. The molecule has 0 heterocycles. The van der Waals surface area contributed by atoms with E-state index in [-0.39, 0.29) is 0 Å². The maximum Gasteiger partial charge on any atom is 0.162 e. The summed E-state index contributed by atoms with van der Waals surface area (Å²) in [7, 11) is 0. The molecule has 0 radical (unpaired) electrons. The van der Waals surface area contributed by atoms with Crippen LogP contribution in [0.3, 0.4) is 0 Å². The Balaban J connectivity index is 3.03. The van der Waals surface area contributed by atoms with Gasteiger partial charge >= 0.3 is 0 Å². The Bertz CT molecular complexity index is 282. The van der Waals surface area contributed by atoms with E-state index in [1.54, 1.807) is 12.1 Å². The molecule has 2 nitrogen and oxygen atoms in total. The minimum atomic E-state index is 0.471. The number of halogens is 2. The Hall–Kier alpha value is -0.600. The fourth-order valence-corrected chi connectivity index (χ4v) is 1.35. The Morgan fingerprint density at radius 1 is 0.929 bits per heavy atom. The zero-order valence-corrected chi connectivity index (χ0v) is 9.65. The Labute approximate surface area is 93.7 Å². The first-order valence-electron chi connectivity index (χ1n) is 4.43. The molecule has 4 heteroatoms. The van der Waals surface area contributed by atoms with Crippen molar-refractivity contribution < 1.29 is 9.47 Å². The molecule has 0 aliphatic carbocycles. The lowest BCUT2D eigenvalue weighted by atomic mass is 10.3. The molecule has 0 amide bonds. The molecular weight excluding hydrogens is 223 g/mol. The number of ether oxygens (including phenoxy) is 2. The SMILES string of the molecule is CCOc1cc(Cl)c(Cl)cc1OCC. The average molecular weight is 235 g/mol. The molecule has 0 aliphatic heterocycles. The van der Waals surface area contributed by atoms with Gasteiger partial charge in [0.2, 0.25) is 0 Å². The standard InChI is InChI=1S/C10H12Cl2O2/c1-3-13-9-5-7(11)8(12)6-10(9)14-4-2/h5-6H,3-4H2,1-2H3. The van der Waals surface area contributed by atoms with Gasteiger partial charge in [0.1, 0.15) is 0 Å². The van der Waals surface area contributed by atoms with Crippen LogP contribution < -0.4 is 9.47 Å². The normalized spacial score (nSPS) is 10.0. The van der Waals surface area contributed by atoms with Crippen LogP contribution in [0.4, 0.5) is 0 Å². The molecule has 0 spiro atoms. The quantitative estimate of drug-likeness (QED) is 0.790. The lowest BCUT2D eigenvalue weighted by Crippen LogP contribution is -1.98. The molecule has 0 saturated carbocycles. The van der Waals surface area contributed by atoms with Crippen LogP contribution >= 0.6 is 23.2 Å². The molecule has 0 saturated heterocycles. The highest BCUT2D eigenvalue weighted by molar-refractivity contribution is 6.42. The number of hydrogen-bond acceptors (Lipinski definition) is 2. The molecule has 1 aromatic carbocycles. The van der Waals surface area contributed by atoms with E-state index < -0.39 is 0 Å². The minimum absolute atomic E-state index is 0.471. The van der Waals surface area contributed by atoms with Gasteiger partial charge in [0.05, 0.1) is 23.3 Å². The van der Waals surface area contributed by atoms with Crippen molar-refractivity contribution in [2.24, 2.45) is 0 Å². The largest absolute Gasteiger partial charge is 0.490 e. The van der Waals surface area contributed by atoms with Crippen LogP contribution in [0.2, 0.25) is 10.0 Å². The van der Waals surface area contributed by atoms with Gasteiger partial charge < -0.3 is 9.47 Å². The fourth-order valence-electron chi connectivity index (χ4n) is 1.05. The summed E-state index contributed by atoms with van der Waals surface area (Å²) in [6.07, 6.45) is 0. The lowest BCUT2D eigenvalue weighted by molar-refractivity contribution is 0.288. The Morgan fingerprint density at radius 3 is 1.57 bits per heavy atom. The van der Waals surface area contributed by atoms with Gasteiger partial charge in [0.15, 0.2) is 11.5 Å². The molecule has 0 aromatic heterocycles. The van der Waals surface area contributed by atoms with Crippen LogP contribution in [0, 0.1) is 0 Å². The molecule has 0 unspecified atom stereocenters. The summed E-state index contributed by atoms with van der Waals surface area (Å²) >= 11 is 11.7. The zero-order valence-electron chi connectivity index (χ0n) is 8.14. The van der Waals surface area contributed by atoms with Crippen molar-refractivity contribution in [3.05, 3.63) is 22.2 Å². The zero-order chi connectivity index (χ0) is 10.6. The molecule has 0 N–H and O–H groups in total. The third-order valence-electron chi connectivity index (χ3n) is 1.59. The number of hydrogen-bond donors (Lipinski definition) is 0. The molecule has 0 bridgehead atoms. The predicted molar refractivity (Wildman–Crippen MR) is 58.8 cm³/mol. The van der Waals surface area contributed by atoms with Gasteiger partial charge in [-0.3, -0.25) is 0 Å². The number of benzene rings is 1. The van der Waals surface area contributed by atoms with Crippen molar-refractivity contribution in [1.82, 2.24) is 0 Å². The topological polar surface area (TPSA) is 18.5 Å². The molecule has 0 fully saturated rings. The first kappa shape index (κ1) is 11.5. The van der Waals surface area contributed by atoms with Crippen molar-refractivity contribution in [1.29, 1.82) is 0 Å². The van der Waals surface area contributed by atoms with Crippen LogP contribution in [0.5, 0.6) is 11.5 Å². The highest BCUT2D eigenvalue weighted by Gasteiger charge is 2.08. The third-order valence-corrected chi connectivity index (χ3v) is 2.31. The maximum atomic E-state index is 5.85. The van der Waals surface area contributed by atoms with E-state index in [2.05, 4.69) is 0 Å². The van der Waals surface area contributed by atoms with Gasteiger partial charge in [0, 0.05) is 12.1 Å². The predicted octanol–water partition coefficient (Wildman–Crippen LogP) is 3.79. The van der Waals surface area contributed by atoms with E-state index >= 15 is 0 Å². The van der Waals surface area contributed by atoms with Gasteiger partial charge in [-0.1, -0.05) is 23.2 Å². The molecule has 1 aromatic rings. The highest BCUT2D eigenvalue weighted by atomic mass is 35.5. The Morgan fingerprint density at radius 2 is 1.29 bits per heavy atom. The van der Waals surface area contributed by atoms with Gasteiger partial charge in [0.25, 0.3) is 0 Å². The summed E-state index contributed by atoms with van der Waals surface area (Å²) in [5, 5.41) is 0.942. The van der Waals surface area contributed by atoms with Crippen LogP contribution in [0.15, 0.2) is 12.1 Å². The molecule has 0 atom stereocenters. The second-order valence-electron chi connectivity index (χ2n) is 2.58.